The molecule has 4 heteroatoms. The minimum Gasteiger partial charge on any atom is -0.389 e. The largest absolute Gasteiger partial charge is 0.389 e. The van der Waals surface area contributed by atoms with Gasteiger partial charge in [-0.2, -0.15) is 0 Å². The molecule has 134 valence electrons. The fraction of sp³-hybridized carbons (Fsp3) is 0.364. The number of benzene rings is 2. The maximum absolute atomic E-state index is 10.6. The summed E-state index contributed by atoms with van der Waals surface area (Å²) in [7, 11) is 0. The molecule has 1 saturated carbocycles. The molecule has 4 rings (SSSR count). The summed E-state index contributed by atoms with van der Waals surface area (Å²) in [4.78, 5) is 8.72. The normalized spacial score (nSPS) is 16.7. The molecule has 0 unspecified atom stereocenters. The van der Waals surface area contributed by atoms with Crippen LogP contribution < -0.4 is 5.32 Å². The minimum atomic E-state index is -0.521. The molecule has 3 aromatic rings. The Morgan fingerprint density at radius 2 is 1.65 bits per heavy atom. The highest BCUT2D eigenvalue weighted by Crippen LogP contribution is 2.27. The average Bonchev–Trinajstić information content (AvgIpc) is 2.68. The molecule has 0 saturated heterocycles. The number of aliphatic hydroxyl groups is 1. The highest BCUT2D eigenvalue weighted by molar-refractivity contribution is 5.81. The first kappa shape index (κ1) is 17.1. The molecule has 1 heterocycles. The van der Waals surface area contributed by atoms with E-state index >= 15 is 0 Å². The summed E-state index contributed by atoms with van der Waals surface area (Å²) < 4.78 is 0. The number of hydrogen-bond donors (Lipinski definition) is 2. The molecule has 0 bridgehead atoms. The summed E-state index contributed by atoms with van der Waals surface area (Å²) >= 11 is 0. The Labute approximate surface area is 154 Å². The van der Waals surface area contributed by atoms with Gasteiger partial charge in [0.2, 0.25) is 0 Å². The van der Waals surface area contributed by atoms with E-state index in [0.29, 0.717) is 6.54 Å². The van der Waals surface area contributed by atoms with Crippen molar-refractivity contribution >= 4 is 11.0 Å². The topological polar surface area (TPSA) is 58.0 Å². The lowest BCUT2D eigenvalue weighted by Gasteiger charge is -2.32. The van der Waals surface area contributed by atoms with Gasteiger partial charge in [0.1, 0.15) is 0 Å². The van der Waals surface area contributed by atoms with Crippen molar-refractivity contribution < 1.29 is 5.11 Å². The van der Waals surface area contributed by atoms with Crippen LogP contribution in [0.5, 0.6) is 0 Å². The molecule has 0 amide bonds. The molecule has 1 fully saturated rings. The molecule has 1 aliphatic rings. The summed E-state index contributed by atoms with van der Waals surface area (Å²) in [5.41, 5.74) is 4.84. The smallest absolute Gasteiger partial charge is 0.0892 e. The molecular weight excluding hydrogens is 322 g/mol. The Kier molecular flexibility index (Phi) is 4.96. The van der Waals surface area contributed by atoms with Crippen molar-refractivity contribution in [3.8, 4) is 11.1 Å². The molecule has 0 radical (unpaired) electrons. The van der Waals surface area contributed by atoms with Crippen molar-refractivity contribution in [2.75, 3.05) is 6.54 Å². The molecule has 2 N–H and O–H groups in total. The zero-order valence-electron chi connectivity index (χ0n) is 15.0. The van der Waals surface area contributed by atoms with Crippen LogP contribution in [0.2, 0.25) is 0 Å². The third-order valence-corrected chi connectivity index (χ3v) is 5.30. The van der Waals surface area contributed by atoms with Gasteiger partial charge in [-0.15, -0.1) is 0 Å². The van der Waals surface area contributed by atoms with Crippen molar-refractivity contribution in [2.45, 2.75) is 44.2 Å². The Bertz CT molecular complexity index is 887. The lowest BCUT2D eigenvalue weighted by molar-refractivity contribution is 0.00468. The lowest BCUT2D eigenvalue weighted by atomic mass is 9.85. The summed E-state index contributed by atoms with van der Waals surface area (Å²) in [5.74, 6) is 0. The fourth-order valence-corrected chi connectivity index (χ4v) is 3.83. The molecule has 0 atom stereocenters. The van der Waals surface area contributed by atoms with Crippen molar-refractivity contribution in [2.24, 2.45) is 0 Å². The van der Waals surface area contributed by atoms with Crippen LogP contribution in [-0.2, 0) is 6.54 Å². The molecule has 26 heavy (non-hydrogen) atoms. The summed E-state index contributed by atoms with van der Waals surface area (Å²) in [6.45, 7) is 1.44. The molecular formula is C22H25N3O. The van der Waals surface area contributed by atoms with Gasteiger partial charge >= 0.3 is 0 Å². The molecule has 0 spiro atoms. The summed E-state index contributed by atoms with van der Waals surface area (Å²) in [6.07, 6.45) is 8.80. The van der Waals surface area contributed by atoms with Crippen molar-refractivity contribution in [3.63, 3.8) is 0 Å². The highest BCUT2D eigenvalue weighted by Gasteiger charge is 2.28. The van der Waals surface area contributed by atoms with Crippen LogP contribution >= 0.6 is 0 Å². The first-order valence-electron chi connectivity index (χ1n) is 9.45. The second-order valence-electron chi connectivity index (χ2n) is 7.35. The zero-order valence-corrected chi connectivity index (χ0v) is 15.0. The fourth-order valence-electron chi connectivity index (χ4n) is 3.83. The van der Waals surface area contributed by atoms with Crippen LogP contribution in [0.1, 0.15) is 37.7 Å². The number of nitrogens with one attached hydrogen (secondary N) is 1. The predicted molar refractivity (Wildman–Crippen MR) is 105 cm³/mol. The maximum atomic E-state index is 10.6. The van der Waals surface area contributed by atoms with Crippen LogP contribution in [0.4, 0.5) is 0 Å². The van der Waals surface area contributed by atoms with E-state index in [1.165, 1.54) is 17.5 Å². The third kappa shape index (κ3) is 3.92. The second kappa shape index (κ2) is 7.52. The molecule has 1 aromatic heterocycles. The molecule has 1 aliphatic carbocycles. The van der Waals surface area contributed by atoms with E-state index in [9.17, 15) is 5.11 Å². The third-order valence-electron chi connectivity index (χ3n) is 5.30. The van der Waals surface area contributed by atoms with Crippen LogP contribution in [0.3, 0.4) is 0 Å². The van der Waals surface area contributed by atoms with Crippen LogP contribution in [0.25, 0.3) is 22.2 Å². The summed E-state index contributed by atoms with van der Waals surface area (Å²) in [6, 6.07) is 14.7. The molecule has 0 aliphatic heterocycles. The second-order valence-corrected chi connectivity index (χ2v) is 7.35. The van der Waals surface area contributed by atoms with Gasteiger partial charge in [0.15, 0.2) is 0 Å². The van der Waals surface area contributed by atoms with Gasteiger partial charge in [-0.1, -0.05) is 43.5 Å². The quantitative estimate of drug-likeness (QED) is 0.730. The van der Waals surface area contributed by atoms with Gasteiger partial charge in [-0.25, -0.2) is 0 Å². The van der Waals surface area contributed by atoms with E-state index in [2.05, 4.69) is 51.7 Å². The van der Waals surface area contributed by atoms with Crippen LogP contribution in [0.15, 0.2) is 54.9 Å². The van der Waals surface area contributed by atoms with Crippen LogP contribution in [0, 0.1) is 0 Å². The van der Waals surface area contributed by atoms with E-state index in [-0.39, 0.29) is 0 Å². The van der Waals surface area contributed by atoms with E-state index in [4.69, 9.17) is 0 Å². The average molecular weight is 347 g/mol. The number of rotatable bonds is 5. The maximum Gasteiger partial charge on any atom is 0.0892 e. The molecule has 2 aromatic carbocycles. The predicted octanol–water partition coefficient (Wildman–Crippen LogP) is 4.08. The Morgan fingerprint density at radius 1 is 0.885 bits per heavy atom. The van der Waals surface area contributed by atoms with Gasteiger partial charge in [-0.3, -0.25) is 9.97 Å². The van der Waals surface area contributed by atoms with E-state index < -0.39 is 5.60 Å². The SMILES string of the molecule is OC1(CNCc2cccc(-c3ccc4nccnc4c3)c2)CCCCC1. The number of hydrogen-bond acceptors (Lipinski definition) is 4. The van der Waals surface area contributed by atoms with Crippen molar-refractivity contribution in [3.05, 3.63) is 60.4 Å². The summed E-state index contributed by atoms with van der Waals surface area (Å²) in [5, 5.41) is 14.1. The van der Waals surface area contributed by atoms with Gasteiger partial charge in [0.25, 0.3) is 0 Å². The van der Waals surface area contributed by atoms with Crippen molar-refractivity contribution in [1.29, 1.82) is 0 Å². The minimum absolute atomic E-state index is 0.521. The zero-order chi connectivity index (χ0) is 17.8. The van der Waals surface area contributed by atoms with Crippen molar-refractivity contribution in [1.82, 2.24) is 15.3 Å². The standard InChI is InChI=1S/C22H25N3O/c26-22(9-2-1-3-10-22)16-23-15-17-5-4-6-18(13-17)19-7-8-20-21(14-19)25-12-11-24-20/h4-8,11-14,23,26H,1-3,9-10,15-16H2. The van der Waals surface area contributed by atoms with E-state index in [1.54, 1.807) is 12.4 Å². The van der Waals surface area contributed by atoms with Gasteiger partial charge < -0.3 is 10.4 Å². The van der Waals surface area contributed by atoms with Gasteiger partial charge in [-0.05, 0) is 47.7 Å². The first-order valence-corrected chi connectivity index (χ1v) is 9.45. The molecule has 4 nitrogen and oxygen atoms in total. The van der Waals surface area contributed by atoms with Gasteiger partial charge in [0.05, 0.1) is 16.6 Å². The number of aromatic nitrogens is 2. The number of nitrogens with zero attached hydrogens (tertiary/aromatic N) is 2. The van der Waals surface area contributed by atoms with Crippen LogP contribution in [-0.4, -0.2) is 27.2 Å². The Balaban J connectivity index is 1.45. The van der Waals surface area contributed by atoms with E-state index in [1.807, 2.05) is 6.07 Å². The first-order chi connectivity index (χ1) is 12.7. The Hall–Kier alpha value is -2.30. The Morgan fingerprint density at radius 3 is 2.50 bits per heavy atom. The monoisotopic (exact) mass is 347 g/mol. The van der Waals surface area contributed by atoms with E-state index in [0.717, 1.165) is 48.8 Å². The highest BCUT2D eigenvalue weighted by atomic mass is 16.3. The van der Waals surface area contributed by atoms with Gasteiger partial charge in [0, 0.05) is 25.5 Å². The number of fused-ring (bicyclic) bond motifs is 1. The lowest BCUT2D eigenvalue weighted by Crippen LogP contribution is -2.41.